The summed E-state index contributed by atoms with van der Waals surface area (Å²) in [5, 5.41) is 2.99. The zero-order chi connectivity index (χ0) is 23.3. The Morgan fingerprint density at radius 2 is 1.75 bits per heavy atom. The first kappa shape index (κ1) is 24.7. The fourth-order valence-electron chi connectivity index (χ4n) is 4.71. The van der Waals surface area contributed by atoms with Crippen LogP contribution in [0.4, 0.5) is 5.69 Å². The summed E-state index contributed by atoms with van der Waals surface area (Å²) in [4.78, 5) is 29.4. The standard InChI is InChI=1S/C23H36N4O4S/c1-4-26(5-2)32(30,31)20-10-11-21-19(16-20)17-22(27(21)18(3)28)23(29)24-12-15-25-13-8-6-7-9-14-25/h10-11,16,22H,4-9,12-15,17H2,1-3H3,(H,24,29). The van der Waals surface area contributed by atoms with Crippen LogP contribution in [0.1, 0.15) is 52.0 Å². The highest BCUT2D eigenvalue weighted by Gasteiger charge is 2.38. The summed E-state index contributed by atoms with van der Waals surface area (Å²) in [5.74, 6) is -0.421. The maximum absolute atomic E-state index is 13.0. The summed E-state index contributed by atoms with van der Waals surface area (Å²) in [6.07, 6.45) is 5.24. The SMILES string of the molecule is CCN(CC)S(=O)(=O)c1ccc2c(c1)CC(C(=O)NCCN1CCCCCC1)N2C(C)=O. The number of hydrogen-bond acceptors (Lipinski definition) is 5. The Bertz CT molecular complexity index is 922. The molecule has 0 radical (unpaired) electrons. The average molecular weight is 465 g/mol. The number of likely N-dealkylation sites (tertiary alicyclic amines) is 1. The molecule has 1 aromatic rings. The van der Waals surface area contributed by atoms with Crippen LogP contribution in [-0.2, 0) is 26.0 Å². The van der Waals surface area contributed by atoms with E-state index in [0.29, 0.717) is 37.3 Å². The van der Waals surface area contributed by atoms with Gasteiger partial charge in [-0.05, 0) is 49.7 Å². The minimum atomic E-state index is -3.60. The largest absolute Gasteiger partial charge is 0.353 e. The number of nitrogens with one attached hydrogen (secondary N) is 1. The van der Waals surface area contributed by atoms with Crippen LogP contribution in [0, 0.1) is 0 Å². The smallest absolute Gasteiger partial charge is 0.243 e. The molecular formula is C23H36N4O4S. The van der Waals surface area contributed by atoms with Crippen LogP contribution in [0.25, 0.3) is 0 Å². The number of carbonyl (C=O) groups is 2. The molecule has 1 atom stereocenters. The van der Waals surface area contributed by atoms with Crippen molar-refractivity contribution in [2.75, 3.05) is 44.2 Å². The minimum Gasteiger partial charge on any atom is -0.353 e. The third-order valence-corrected chi connectivity index (χ3v) is 8.49. The molecule has 8 nitrogen and oxygen atoms in total. The zero-order valence-electron chi connectivity index (χ0n) is 19.5. The van der Waals surface area contributed by atoms with Gasteiger partial charge in [-0.15, -0.1) is 0 Å². The second-order valence-corrected chi connectivity index (χ2v) is 10.5. The Morgan fingerprint density at radius 3 is 2.34 bits per heavy atom. The molecular weight excluding hydrogens is 428 g/mol. The Balaban J connectivity index is 1.71. The molecule has 1 fully saturated rings. The van der Waals surface area contributed by atoms with Crippen LogP contribution in [0.5, 0.6) is 0 Å². The topological polar surface area (TPSA) is 90.0 Å². The average Bonchev–Trinajstić information content (AvgIpc) is 2.96. The summed E-state index contributed by atoms with van der Waals surface area (Å²) in [6, 6.07) is 4.14. The van der Waals surface area contributed by atoms with Crippen molar-refractivity contribution in [3.8, 4) is 0 Å². The van der Waals surface area contributed by atoms with Crippen molar-refractivity contribution in [2.24, 2.45) is 0 Å². The highest BCUT2D eigenvalue weighted by Crippen LogP contribution is 2.34. The molecule has 178 valence electrons. The van der Waals surface area contributed by atoms with E-state index in [1.165, 1.54) is 47.9 Å². The normalized spacial score (nSPS) is 19.6. The van der Waals surface area contributed by atoms with Crippen LogP contribution in [0.3, 0.4) is 0 Å². The van der Waals surface area contributed by atoms with Gasteiger partial charge in [-0.3, -0.25) is 14.5 Å². The predicted molar refractivity (Wildman–Crippen MR) is 125 cm³/mol. The molecule has 1 N–H and O–H groups in total. The number of rotatable bonds is 8. The van der Waals surface area contributed by atoms with E-state index in [2.05, 4.69) is 10.2 Å². The van der Waals surface area contributed by atoms with Gasteiger partial charge in [-0.1, -0.05) is 26.7 Å². The molecule has 2 aliphatic rings. The first-order chi connectivity index (χ1) is 15.3. The van der Waals surface area contributed by atoms with Gasteiger partial charge < -0.3 is 10.2 Å². The van der Waals surface area contributed by atoms with Crippen LogP contribution in [0.2, 0.25) is 0 Å². The van der Waals surface area contributed by atoms with E-state index in [4.69, 9.17) is 0 Å². The molecule has 1 unspecified atom stereocenters. The van der Waals surface area contributed by atoms with Gasteiger partial charge in [0.15, 0.2) is 0 Å². The lowest BCUT2D eigenvalue weighted by atomic mass is 10.1. The number of carbonyl (C=O) groups excluding carboxylic acids is 2. The lowest BCUT2D eigenvalue weighted by molar-refractivity contribution is -0.125. The van der Waals surface area contributed by atoms with Gasteiger partial charge in [0.1, 0.15) is 6.04 Å². The number of amides is 2. The third-order valence-electron chi connectivity index (χ3n) is 6.45. The second-order valence-electron chi connectivity index (χ2n) is 8.54. The molecule has 2 amide bonds. The van der Waals surface area contributed by atoms with Gasteiger partial charge in [0, 0.05) is 45.2 Å². The summed E-state index contributed by atoms with van der Waals surface area (Å²) in [7, 11) is -3.60. The monoisotopic (exact) mass is 464 g/mol. The third kappa shape index (κ3) is 5.32. The fraction of sp³-hybridized carbons (Fsp3) is 0.652. The van der Waals surface area contributed by atoms with Gasteiger partial charge in [-0.25, -0.2) is 8.42 Å². The Kier molecular flexibility index (Phi) is 8.30. The van der Waals surface area contributed by atoms with Crippen LogP contribution >= 0.6 is 0 Å². The molecule has 2 heterocycles. The van der Waals surface area contributed by atoms with Gasteiger partial charge in [0.05, 0.1) is 4.90 Å². The van der Waals surface area contributed by atoms with Gasteiger partial charge in [0.25, 0.3) is 0 Å². The highest BCUT2D eigenvalue weighted by molar-refractivity contribution is 7.89. The quantitative estimate of drug-likeness (QED) is 0.635. The molecule has 0 spiro atoms. The van der Waals surface area contributed by atoms with E-state index < -0.39 is 16.1 Å². The lowest BCUT2D eigenvalue weighted by Gasteiger charge is -2.25. The fourth-order valence-corrected chi connectivity index (χ4v) is 6.22. The van der Waals surface area contributed by atoms with E-state index >= 15 is 0 Å². The molecule has 1 saturated heterocycles. The maximum Gasteiger partial charge on any atom is 0.243 e. The summed E-state index contributed by atoms with van der Waals surface area (Å²) >= 11 is 0. The lowest BCUT2D eigenvalue weighted by Crippen LogP contribution is -2.48. The van der Waals surface area contributed by atoms with Crippen LogP contribution < -0.4 is 10.2 Å². The Labute approximate surface area is 192 Å². The Morgan fingerprint density at radius 1 is 1.09 bits per heavy atom. The molecule has 3 rings (SSSR count). The maximum atomic E-state index is 13.0. The van der Waals surface area contributed by atoms with E-state index in [-0.39, 0.29) is 16.7 Å². The molecule has 32 heavy (non-hydrogen) atoms. The molecule has 1 aromatic carbocycles. The van der Waals surface area contributed by atoms with Gasteiger partial charge in [-0.2, -0.15) is 4.31 Å². The van der Waals surface area contributed by atoms with E-state index in [0.717, 1.165) is 19.6 Å². The summed E-state index contributed by atoms with van der Waals surface area (Å²) in [6.45, 7) is 9.29. The van der Waals surface area contributed by atoms with Crippen LogP contribution in [0.15, 0.2) is 23.1 Å². The zero-order valence-corrected chi connectivity index (χ0v) is 20.3. The van der Waals surface area contributed by atoms with Gasteiger partial charge in [0.2, 0.25) is 21.8 Å². The number of nitrogens with zero attached hydrogens (tertiary/aromatic N) is 3. The molecule has 2 aliphatic heterocycles. The van der Waals surface area contributed by atoms with Crippen molar-refractivity contribution < 1.29 is 18.0 Å². The van der Waals surface area contributed by atoms with E-state index in [9.17, 15) is 18.0 Å². The van der Waals surface area contributed by atoms with Crippen molar-refractivity contribution in [3.63, 3.8) is 0 Å². The number of fused-ring (bicyclic) bond motifs is 1. The molecule has 0 bridgehead atoms. The van der Waals surface area contributed by atoms with E-state index in [1.54, 1.807) is 26.0 Å². The number of sulfonamides is 1. The first-order valence-corrected chi connectivity index (χ1v) is 13.2. The van der Waals surface area contributed by atoms with Crippen LogP contribution in [-0.4, -0.2) is 74.7 Å². The molecule has 0 saturated carbocycles. The first-order valence-electron chi connectivity index (χ1n) is 11.7. The molecule has 9 heteroatoms. The van der Waals surface area contributed by atoms with Crippen molar-refractivity contribution >= 4 is 27.5 Å². The number of hydrogen-bond donors (Lipinski definition) is 1. The highest BCUT2D eigenvalue weighted by atomic mass is 32.2. The number of anilines is 1. The van der Waals surface area contributed by atoms with Crippen molar-refractivity contribution in [1.29, 1.82) is 0 Å². The minimum absolute atomic E-state index is 0.195. The molecule has 0 aliphatic carbocycles. The number of benzene rings is 1. The van der Waals surface area contributed by atoms with E-state index in [1.807, 2.05) is 0 Å². The summed E-state index contributed by atoms with van der Waals surface area (Å²) in [5.41, 5.74) is 1.32. The van der Waals surface area contributed by atoms with Gasteiger partial charge >= 0.3 is 0 Å². The van der Waals surface area contributed by atoms with Crippen molar-refractivity contribution in [3.05, 3.63) is 23.8 Å². The second kappa shape index (κ2) is 10.8. The summed E-state index contributed by atoms with van der Waals surface area (Å²) < 4.78 is 27.2. The molecule has 0 aromatic heterocycles. The van der Waals surface area contributed by atoms with Crippen molar-refractivity contribution in [1.82, 2.24) is 14.5 Å². The predicted octanol–water partition coefficient (Wildman–Crippen LogP) is 1.99. The Hall–Kier alpha value is -1.97. The van der Waals surface area contributed by atoms with Crippen molar-refractivity contribution in [2.45, 2.75) is 63.8 Å².